The van der Waals surface area contributed by atoms with Gasteiger partial charge in [0.2, 0.25) is 11.8 Å². The van der Waals surface area contributed by atoms with Crippen molar-refractivity contribution in [3.05, 3.63) is 69.2 Å². The van der Waals surface area contributed by atoms with Gasteiger partial charge >= 0.3 is 0 Å². The Morgan fingerprint density at radius 3 is 2.61 bits per heavy atom. The first-order valence-electron chi connectivity index (χ1n) is 9.47. The number of hydrogen-bond acceptors (Lipinski definition) is 2. The van der Waals surface area contributed by atoms with Crippen LogP contribution in [0.2, 0.25) is 5.02 Å². The van der Waals surface area contributed by atoms with Crippen LogP contribution in [0.5, 0.6) is 0 Å². The standard InChI is InChI=1S/C22H26BrClN2O2/c1-3-4-12-25-22(28)16(2)26(15-17-8-7-10-19(23)13-17)21(27)14-18-9-5-6-11-20(18)24/h5-11,13,16H,3-4,12,14-15H2,1-2H3,(H,25,28). The molecule has 2 rings (SSSR count). The number of hydrogen-bond donors (Lipinski definition) is 1. The molecule has 0 radical (unpaired) electrons. The van der Waals surface area contributed by atoms with Crippen molar-refractivity contribution in [2.24, 2.45) is 0 Å². The molecule has 0 spiro atoms. The Morgan fingerprint density at radius 2 is 1.93 bits per heavy atom. The van der Waals surface area contributed by atoms with Crippen molar-refractivity contribution in [2.75, 3.05) is 6.54 Å². The van der Waals surface area contributed by atoms with Gasteiger partial charge in [0.05, 0.1) is 6.42 Å². The van der Waals surface area contributed by atoms with E-state index in [1.807, 2.05) is 42.5 Å². The zero-order valence-electron chi connectivity index (χ0n) is 16.3. The molecule has 1 N–H and O–H groups in total. The number of nitrogens with one attached hydrogen (secondary N) is 1. The Balaban J connectivity index is 2.20. The molecule has 0 aromatic heterocycles. The molecular formula is C22H26BrClN2O2. The van der Waals surface area contributed by atoms with E-state index in [1.165, 1.54) is 0 Å². The van der Waals surface area contributed by atoms with E-state index >= 15 is 0 Å². The molecule has 0 saturated heterocycles. The quantitative estimate of drug-likeness (QED) is 0.531. The van der Waals surface area contributed by atoms with Gasteiger partial charge < -0.3 is 10.2 Å². The number of benzene rings is 2. The molecule has 1 unspecified atom stereocenters. The van der Waals surface area contributed by atoms with Crippen LogP contribution >= 0.6 is 27.5 Å². The van der Waals surface area contributed by atoms with Crippen LogP contribution in [0.3, 0.4) is 0 Å². The van der Waals surface area contributed by atoms with Crippen molar-refractivity contribution < 1.29 is 9.59 Å². The second kappa shape index (κ2) is 11.2. The Hall–Kier alpha value is -1.85. The fourth-order valence-corrected chi connectivity index (χ4v) is 3.51. The molecule has 0 saturated carbocycles. The Bertz CT molecular complexity index is 813. The molecule has 28 heavy (non-hydrogen) atoms. The fraction of sp³-hybridized carbons (Fsp3) is 0.364. The number of rotatable bonds is 9. The third-order valence-corrected chi connectivity index (χ3v) is 5.40. The molecule has 0 aliphatic carbocycles. The molecule has 6 heteroatoms. The predicted molar refractivity (Wildman–Crippen MR) is 117 cm³/mol. The first kappa shape index (κ1) is 22.4. The van der Waals surface area contributed by atoms with E-state index in [0.29, 0.717) is 18.1 Å². The lowest BCUT2D eigenvalue weighted by Gasteiger charge is -2.29. The maximum Gasteiger partial charge on any atom is 0.242 e. The summed E-state index contributed by atoms with van der Waals surface area (Å²) in [6.45, 7) is 4.81. The van der Waals surface area contributed by atoms with Gasteiger partial charge in [0, 0.05) is 22.6 Å². The summed E-state index contributed by atoms with van der Waals surface area (Å²) in [6, 6.07) is 14.5. The van der Waals surface area contributed by atoms with E-state index in [2.05, 4.69) is 28.2 Å². The smallest absolute Gasteiger partial charge is 0.242 e. The molecule has 150 valence electrons. The number of unbranched alkanes of at least 4 members (excludes halogenated alkanes) is 1. The number of amides is 2. The summed E-state index contributed by atoms with van der Waals surface area (Å²) in [4.78, 5) is 27.3. The Morgan fingerprint density at radius 1 is 1.18 bits per heavy atom. The van der Waals surface area contributed by atoms with E-state index in [9.17, 15) is 9.59 Å². The molecule has 2 amide bonds. The second-order valence-corrected chi connectivity index (χ2v) is 8.06. The second-order valence-electron chi connectivity index (χ2n) is 6.74. The maximum absolute atomic E-state index is 13.1. The van der Waals surface area contributed by atoms with Gasteiger partial charge in [-0.1, -0.05) is 71.2 Å². The van der Waals surface area contributed by atoms with Crippen LogP contribution in [0.4, 0.5) is 0 Å². The van der Waals surface area contributed by atoms with Gasteiger partial charge in [-0.15, -0.1) is 0 Å². The Labute approximate surface area is 180 Å². The summed E-state index contributed by atoms with van der Waals surface area (Å²) >= 11 is 9.68. The maximum atomic E-state index is 13.1. The monoisotopic (exact) mass is 464 g/mol. The third-order valence-electron chi connectivity index (χ3n) is 4.54. The summed E-state index contributed by atoms with van der Waals surface area (Å²) in [5.74, 6) is -0.276. The average molecular weight is 466 g/mol. The van der Waals surface area contributed by atoms with Crippen molar-refractivity contribution in [2.45, 2.75) is 45.7 Å². The topological polar surface area (TPSA) is 49.4 Å². The highest BCUT2D eigenvalue weighted by Gasteiger charge is 2.26. The third kappa shape index (κ3) is 6.64. The highest BCUT2D eigenvalue weighted by Crippen LogP contribution is 2.19. The first-order chi connectivity index (χ1) is 13.4. The first-order valence-corrected chi connectivity index (χ1v) is 10.6. The summed E-state index contributed by atoms with van der Waals surface area (Å²) in [7, 11) is 0. The van der Waals surface area contributed by atoms with Gasteiger partial charge in [0.1, 0.15) is 6.04 Å². The fourth-order valence-electron chi connectivity index (χ4n) is 2.86. The van der Waals surface area contributed by atoms with Crippen molar-refractivity contribution in [1.82, 2.24) is 10.2 Å². The molecule has 0 fully saturated rings. The molecule has 0 aliphatic rings. The zero-order chi connectivity index (χ0) is 20.5. The molecule has 2 aromatic rings. The van der Waals surface area contributed by atoms with Crippen molar-refractivity contribution in [3.8, 4) is 0 Å². The lowest BCUT2D eigenvalue weighted by molar-refractivity contribution is -0.140. The van der Waals surface area contributed by atoms with Crippen LogP contribution in [-0.4, -0.2) is 29.3 Å². The molecule has 4 nitrogen and oxygen atoms in total. The minimum Gasteiger partial charge on any atom is -0.354 e. The van der Waals surface area contributed by atoms with E-state index < -0.39 is 6.04 Å². The van der Waals surface area contributed by atoms with Crippen LogP contribution in [0.15, 0.2) is 53.0 Å². The minimum atomic E-state index is -0.578. The lowest BCUT2D eigenvalue weighted by atomic mass is 10.1. The Kier molecular flexibility index (Phi) is 9.00. The highest BCUT2D eigenvalue weighted by molar-refractivity contribution is 9.10. The molecule has 0 aliphatic heterocycles. The van der Waals surface area contributed by atoms with Crippen molar-refractivity contribution in [3.63, 3.8) is 0 Å². The van der Waals surface area contributed by atoms with E-state index in [4.69, 9.17) is 11.6 Å². The normalized spacial score (nSPS) is 11.7. The number of nitrogens with zero attached hydrogens (tertiary/aromatic N) is 1. The van der Waals surface area contributed by atoms with Crippen LogP contribution in [0.25, 0.3) is 0 Å². The lowest BCUT2D eigenvalue weighted by Crippen LogP contribution is -2.48. The van der Waals surface area contributed by atoms with E-state index in [0.717, 1.165) is 28.4 Å². The predicted octanol–water partition coefficient (Wildman–Crippen LogP) is 4.98. The highest BCUT2D eigenvalue weighted by atomic mass is 79.9. The van der Waals surface area contributed by atoms with Crippen molar-refractivity contribution >= 4 is 39.3 Å². The summed E-state index contributed by atoms with van der Waals surface area (Å²) < 4.78 is 0.934. The summed E-state index contributed by atoms with van der Waals surface area (Å²) in [5, 5.41) is 3.48. The van der Waals surface area contributed by atoms with Crippen LogP contribution < -0.4 is 5.32 Å². The number of carbonyl (C=O) groups is 2. The van der Waals surface area contributed by atoms with Crippen LogP contribution in [0, 0.1) is 0 Å². The van der Waals surface area contributed by atoms with Crippen molar-refractivity contribution in [1.29, 1.82) is 0 Å². The van der Waals surface area contributed by atoms with Gasteiger partial charge in [-0.3, -0.25) is 9.59 Å². The molecule has 0 bridgehead atoms. The van der Waals surface area contributed by atoms with Gasteiger partial charge in [0.15, 0.2) is 0 Å². The number of carbonyl (C=O) groups excluding carboxylic acids is 2. The van der Waals surface area contributed by atoms with Gasteiger partial charge in [-0.05, 0) is 42.7 Å². The molecule has 2 aromatic carbocycles. The van der Waals surface area contributed by atoms with Gasteiger partial charge in [-0.25, -0.2) is 0 Å². The van der Waals surface area contributed by atoms with Crippen LogP contribution in [0.1, 0.15) is 37.8 Å². The summed E-state index contributed by atoms with van der Waals surface area (Å²) in [5.41, 5.74) is 1.71. The average Bonchev–Trinajstić information content (AvgIpc) is 2.67. The largest absolute Gasteiger partial charge is 0.354 e. The molecule has 0 heterocycles. The van der Waals surface area contributed by atoms with Crippen LogP contribution in [-0.2, 0) is 22.6 Å². The SMILES string of the molecule is CCCCNC(=O)C(C)N(Cc1cccc(Br)c1)C(=O)Cc1ccccc1Cl. The minimum absolute atomic E-state index is 0.133. The summed E-state index contributed by atoms with van der Waals surface area (Å²) in [6.07, 6.45) is 2.07. The zero-order valence-corrected chi connectivity index (χ0v) is 18.6. The van der Waals surface area contributed by atoms with E-state index in [1.54, 1.807) is 17.9 Å². The van der Waals surface area contributed by atoms with Gasteiger partial charge in [-0.2, -0.15) is 0 Å². The van der Waals surface area contributed by atoms with Gasteiger partial charge in [0.25, 0.3) is 0 Å². The number of halogens is 2. The van der Waals surface area contributed by atoms with E-state index in [-0.39, 0.29) is 18.2 Å². The molecule has 1 atom stereocenters. The molecular weight excluding hydrogens is 440 g/mol.